The molecule has 144 valence electrons. The van der Waals surface area contributed by atoms with E-state index in [1.807, 2.05) is 37.3 Å². The van der Waals surface area contributed by atoms with Crippen molar-refractivity contribution in [1.29, 1.82) is 0 Å². The second-order valence-corrected chi connectivity index (χ2v) is 7.42. The van der Waals surface area contributed by atoms with Crippen molar-refractivity contribution in [3.63, 3.8) is 0 Å². The molecule has 0 aromatic heterocycles. The van der Waals surface area contributed by atoms with Crippen molar-refractivity contribution < 1.29 is 20.2 Å². The first-order chi connectivity index (χ1) is 13.4. The zero-order valence-corrected chi connectivity index (χ0v) is 15.9. The van der Waals surface area contributed by atoms with Gasteiger partial charge in [0.2, 0.25) is 6.04 Å². The summed E-state index contributed by atoms with van der Waals surface area (Å²) in [5.74, 6) is 0.115. The molecule has 2 aliphatic rings. The summed E-state index contributed by atoms with van der Waals surface area (Å²) in [4.78, 5) is 12.6. The molecule has 0 aliphatic carbocycles. The summed E-state index contributed by atoms with van der Waals surface area (Å²) >= 11 is 0. The number of amides is 1. The predicted octanol–water partition coefficient (Wildman–Crippen LogP) is 1.94. The first-order valence-electron chi connectivity index (χ1n) is 9.34. The first kappa shape index (κ1) is 18.4. The van der Waals surface area contributed by atoms with Crippen molar-refractivity contribution in [3.8, 4) is 16.9 Å². The summed E-state index contributed by atoms with van der Waals surface area (Å²) in [5.41, 5.74) is 11.3. The summed E-state index contributed by atoms with van der Waals surface area (Å²) in [7, 11) is 0. The van der Waals surface area contributed by atoms with Crippen LogP contribution in [0.5, 0.6) is 5.75 Å². The van der Waals surface area contributed by atoms with Gasteiger partial charge in [-0.1, -0.05) is 31.2 Å². The Morgan fingerprint density at radius 3 is 2.64 bits per heavy atom. The molecule has 3 unspecified atom stereocenters. The van der Waals surface area contributed by atoms with Crippen molar-refractivity contribution in [2.75, 3.05) is 11.9 Å². The van der Waals surface area contributed by atoms with Gasteiger partial charge in [-0.05, 0) is 54.3 Å². The monoisotopic (exact) mass is 378 g/mol. The molecule has 6 heteroatoms. The Morgan fingerprint density at radius 1 is 1.25 bits per heavy atom. The number of nitrogens with two attached hydrogens (primary N) is 1. The molecule has 28 heavy (non-hydrogen) atoms. The van der Waals surface area contributed by atoms with Crippen LogP contribution in [0.2, 0.25) is 0 Å². The quantitative estimate of drug-likeness (QED) is 0.527. The molecule has 0 spiro atoms. The number of phenols is 1. The van der Waals surface area contributed by atoms with Crippen LogP contribution in [0.3, 0.4) is 0 Å². The summed E-state index contributed by atoms with van der Waals surface area (Å²) < 4.78 is 0. The number of carbonyl (C=O) groups excluding carboxylic acids is 1. The zero-order valence-electron chi connectivity index (χ0n) is 15.9. The molecular weight excluding hydrogens is 354 g/mol. The van der Waals surface area contributed by atoms with E-state index in [9.17, 15) is 15.1 Å². The summed E-state index contributed by atoms with van der Waals surface area (Å²) in [6.45, 7) is 4.47. The molecule has 2 heterocycles. The van der Waals surface area contributed by atoms with Gasteiger partial charge in [-0.25, -0.2) is 5.21 Å². The number of anilines is 1. The van der Waals surface area contributed by atoms with E-state index in [-0.39, 0.29) is 22.6 Å². The lowest BCUT2D eigenvalue weighted by Crippen LogP contribution is -3.11. The van der Waals surface area contributed by atoms with E-state index >= 15 is 0 Å². The van der Waals surface area contributed by atoms with Crippen molar-refractivity contribution in [1.82, 2.24) is 0 Å². The number of carbonyl (C=O) groups is 1. The highest BCUT2D eigenvalue weighted by molar-refractivity contribution is 6.13. The minimum atomic E-state index is -0.769. The van der Waals surface area contributed by atoms with E-state index in [0.29, 0.717) is 23.4 Å². The molecule has 2 aromatic rings. The SMILES string of the molecule is Cc1cc(O)c(-c2ccc(C(C)CN)cc2)c2c1NC(=O)C1C2=CC=C[NH+]1O. The number of fused-ring (bicyclic) bond motifs is 3. The maximum atomic E-state index is 12.6. The lowest BCUT2D eigenvalue weighted by Gasteiger charge is -2.32. The lowest BCUT2D eigenvalue weighted by molar-refractivity contribution is -1.05. The van der Waals surface area contributed by atoms with Crippen molar-refractivity contribution in [2.45, 2.75) is 25.8 Å². The van der Waals surface area contributed by atoms with Gasteiger partial charge in [0.05, 0.1) is 5.69 Å². The molecule has 3 atom stereocenters. The second kappa shape index (κ2) is 6.91. The smallest absolute Gasteiger partial charge is 0.291 e. The van der Waals surface area contributed by atoms with Gasteiger partial charge < -0.3 is 16.2 Å². The third-order valence-corrected chi connectivity index (χ3v) is 5.57. The van der Waals surface area contributed by atoms with Gasteiger partial charge in [0.1, 0.15) is 11.9 Å². The topological polar surface area (TPSA) is 100 Å². The Morgan fingerprint density at radius 2 is 1.96 bits per heavy atom. The average molecular weight is 378 g/mol. The van der Waals surface area contributed by atoms with E-state index < -0.39 is 6.04 Å². The van der Waals surface area contributed by atoms with Gasteiger partial charge >= 0.3 is 0 Å². The largest absolute Gasteiger partial charge is 0.507 e. The first-order valence-corrected chi connectivity index (χ1v) is 9.34. The molecular formula is C22H24N3O3+. The van der Waals surface area contributed by atoms with Crippen LogP contribution >= 0.6 is 0 Å². The van der Waals surface area contributed by atoms with Crippen LogP contribution in [-0.4, -0.2) is 28.8 Å². The molecule has 0 fully saturated rings. The van der Waals surface area contributed by atoms with E-state index in [0.717, 1.165) is 22.3 Å². The summed E-state index contributed by atoms with van der Waals surface area (Å²) in [5, 5.41) is 24.0. The van der Waals surface area contributed by atoms with Crippen molar-refractivity contribution in [2.24, 2.45) is 5.73 Å². The predicted molar refractivity (Wildman–Crippen MR) is 108 cm³/mol. The van der Waals surface area contributed by atoms with Crippen LogP contribution in [0.1, 0.15) is 29.5 Å². The van der Waals surface area contributed by atoms with Gasteiger partial charge in [0.15, 0.2) is 0 Å². The normalized spacial score (nSPS) is 21.4. The third-order valence-electron chi connectivity index (χ3n) is 5.57. The van der Waals surface area contributed by atoms with Crippen LogP contribution in [0, 0.1) is 6.92 Å². The van der Waals surface area contributed by atoms with Gasteiger partial charge in [-0.3, -0.25) is 4.79 Å². The molecule has 6 N–H and O–H groups in total. The number of nitrogens with one attached hydrogen (secondary N) is 2. The molecule has 0 saturated carbocycles. The molecule has 0 radical (unpaired) electrons. The van der Waals surface area contributed by atoms with Crippen LogP contribution < -0.4 is 16.1 Å². The molecule has 0 bridgehead atoms. The number of hydroxylamine groups is 2. The van der Waals surface area contributed by atoms with Crippen LogP contribution in [-0.2, 0) is 4.79 Å². The Bertz CT molecular complexity index is 1010. The Kier molecular flexibility index (Phi) is 4.55. The number of aromatic hydroxyl groups is 1. The fourth-order valence-corrected chi connectivity index (χ4v) is 3.96. The fraction of sp³-hybridized carbons (Fsp3) is 0.227. The standard InChI is InChI=1S/C22H23N3O3/c1-12-10-17(26)18(15-7-5-14(6-8-15)13(2)11-23)19-16-4-3-9-25(28)21(16)22(27)24-20(12)19/h3-10,13,21,26,28H,11,23H2,1-2H3,(H,24,27)/p+1. The molecule has 2 aromatic carbocycles. The Balaban J connectivity index is 1.93. The summed E-state index contributed by atoms with van der Waals surface area (Å²) in [6.07, 6.45) is 5.07. The highest BCUT2D eigenvalue weighted by Crippen LogP contribution is 2.46. The number of benzene rings is 2. The zero-order chi connectivity index (χ0) is 20.0. The Hall–Kier alpha value is -2.93. The minimum absolute atomic E-state index is 0.000264. The Labute approximate surface area is 163 Å². The van der Waals surface area contributed by atoms with E-state index in [1.54, 1.807) is 12.1 Å². The fourth-order valence-electron chi connectivity index (χ4n) is 3.96. The number of aryl methyl sites for hydroxylation is 1. The minimum Gasteiger partial charge on any atom is -0.507 e. The van der Waals surface area contributed by atoms with E-state index in [2.05, 4.69) is 12.2 Å². The van der Waals surface area contributed by atoms with Crippen LogP contribution in [0.15, 0.2) is 48.7 Å². The molecule has 6 nitrogen and oxygen atoms in total. The van der Waals surface area contributed by atoms with Gasteiger partial charge in [-0.15, -0.1) is 0 Å². The third kappa shape index (κ3) is 2.82. The van der Waals surface area contributed by atoms with Crippen LogP contribution in [0.4, 0.5) is 5.69 Å². The molecule has 1 amide bonds. The number of rotatable bonds is 3. The average Bonchev–Trinajstić information content (AvgIpc) is 2.68. The highest BCUT2D eigenvalue weighted by Gasteiger charge is 2.42. The molecule has 0 saturated heterocycles. The second-order valence-electron chi connectivity index (χ2n) is 7.42. The van der Waals surface area contributed by atoms with Gasteiger partial charge in [0.25, 0.3) is 5.91 Å². The van der Waals surface area contributed by atoms with Crippen molar-refractivity contribution >= 4 is 17.2 Å². The van der Waals surface area contributed by atoms with Gasteiger partial charge in [0, 0.05) is 16.7 Å². The maximum Gasteiger partial charge on any atom is 0.291 e. The van der Waals surface area contributed by atoms with Crippen LogP contribution in [0.25, 0.3) is 16.7 Å². The number of hydrogen-bond acceptors (Lipinski definition) is 4. The number of phenolic OH excluding ortho intramolecular Hbond substituents is 1. The van der Waals surface area contributed by atoms with E-state index in [1.165, 1.54) is 6.20 Å². The van der Waals surface area contributed by atoms with Crippen molar-refractivity contribution in [3.05, 3.63) is 65.4 Å². The number of hydrogen-bond donors (Lipinski definition) is 5. The highest BCUT2D eigenvalue weighted by atomic mass is 16.5. The number of allylic oxidation sites excluding steroid dienone is 2. The molecule has 2 aliphatic heterocycles. The van der Waals surface area contributed by atoms with Gasteiger partial charge in [-0.2, -0.15) is 5.06 Å². The number of quaternary nitrogens is 1. The molecule has 4 rings (SSSR count). The maximum absolute atomic E-state index is 12.6. The summed E-state index contributed by atoms with van der Waals surface area (Å²) in [6, 6.07) is 8.83. The van der Waals surface area contributed by atoms with E-state index in [4.69, 9.17) is 5.73 Å². The lowest BCUT2D eigenvalue weighted by atomic mass is 9.83.